The Kier molecular flexibility index (Phi) is 5.29. The van der Waals surface area contributed by atoms with Crippen molar-refractivity contribution >= 4 is 28.4 Å². The maximum absolute atomic E-state index is 12.5. The van der Waals surface area contributed by atoms with Gasteiger partial charge in [0.1, 0.15) is 5.69 Å². The van der Waals surface area contributed by atoms with Crippen molar-refractivity contribution in [1.29, 1.82) is 0 Å². The predicted molar refractivity (Wildman–Crippen MR) is 89.2 cm³/mol. The molecule has 0 unspecified atom stereocenters. The van der Waals surface area contributed by atoms with E-state index in [0.29, 0.717) is 5.02 Å². The van der Waals surface area contributed by atoms with Crippen LogP contribution in [0.1, 0.15) is 49.2 Å². The molecule has 0 aliphatic heterocycles. The molecule has 114 valence electrons. The highest BCUT2D eigenvalue weighted by Gasteiger charge is 2.19. The zero-order valence-electron chi connectivity index (χ0n) is 13.0. The number of carbonyl (C=O) groups excluding carboxylic acids is 1. The van der Waals surface area contributed by atoms with Gasteiger partial charge in [-0.1, -0.05) is 31.4 Å². The largest absolute Gasteiger partial charge is 0.351 e. The van der Waals surface area contributed by atoms with E-state index in [9.17, 15) is 4.79 Å². The third-order valence-corrected chi connectivity index (χ3v) is 4.11. The molecule has 0 atom stereocenters. The molecule has 0 fully saturated rings. The number of unbranched alkanes of at least 4 members (excludes halogenated alkanes) is 2. The van der Waals surface area contributed by atoms with Crippen LogP contribution in [0.5, 0.6) is 0 Å². The molecule has 0 saturated carbocycles. The first-order valence-corrected chi connectivity index (χ1v) is 8.04. The van der Waals surface area contributed by atoms with Gasteiger partial charge in [-0.15, -0.1) is 0 Å². The van der Waals surface area contributed by atoms with Crippen molar-refractivity contribution in [3.05, 3.63) is 34.5 Å². The van der Waals surface area contributed by atoms with E-state index in [2.05, 4.69) is 23.7 Å². The molecule has 1 aromatic carbocycles. The highest BCUT2D eigenvalue weighted by Crippen LogP contribution is 2.28. The summed E-state index contributed by atoms with van der Waals surface area (Å²) >= 11 is 6.08. The van der Waals surface area contributed by atoms with Crippen LogP contribution in [0.25, 0.3) is 10.9 Å². The Balaban J connectivity index is 2.34. The van der Waals surface area contributed by atoms with Gasteiger partial charge in [-0.2, -0.15) is 0 Å². The topological polar surface area (TPSA) is 34.0 Å². The molecule has 0 saturated heterocycles. The molecular weight excluding hydrogens is 284 g/mol. The minimum absolute atomic E-state index is 0.0118. The van der Waals surface area contributed by atoms with Gasteiger partial charge >= 0.3 is 0 Å². The summed E-state index contributed by atoms with van der Waals surface area (Å²) in [4.78, 5) is 12.5. The van der Waals surface area contributed by atoms with E-state index >= 15 is 0 Å². The average molecular weight is 307 g/mol. The second-order valence-corrected chi connectivity index (χ2v) is 5.78. The number of nitrogens with zero attached hydrogens (tertiary/aromatic N) is 1. The van der Waals surface area contributed by atoms with Crippen LogP contribution in [0, 0.1) is 6.92 Å². The zero-order chi connectivity index (χ0) is 15.4. The molecule has 1 N–H and O–H groups in total. The Morgan fingerprint density at radius 1 is 1.29 bits per heavy atom. The second kappa shape index (κ2) is 6.99. The lowest BCUT2D eigenvalue weighted by Crippen LogP contribution is -2.27. The summed E-state index contributed by atoms with van der Waals surface area (Å²) in [6.45, 7) is 7.71. The fourth-order valence-electron chi connectivity index (χ4n) is 2.78. The number of halogens is 1. The highest BCUT2D eigenvalue weighted by atomic mass is 35.5. The number of amides is 1. The summed E-state index contributed by atoms with van der Waals surface area (Å²) in [5.74, 6) is 0.0118. The van der Waals surface area contributed by atoms with E-state index < -0.39 is 0 Å². The molecule has 4 heteroatoms. The van der Waals surface area contributed by atoms with Gasteiger partial charge in [0.2, 0.25) is 0 Å². The van der Waals surface area contributed by atoms with Crippen LogP contribution in [-0.2, 0) is 6.54 Å². The van der Waals surface area contributed by atoms with Gasteiger partial charge in [0.05, 0.1) is 0 Å². The van der Waals surface area contributed by atoms with E-state index in [1.54, 1.807) is 0 Å². The van der Waals surface area contributed by atoms with Gasteiger partial charge in [-0.3, -0.25) is 4.79 Å². The number of fused-ring (bicyclic) bond motifs is 1. The Morgan fingerprint density at radius 2 is 2.05 bits per heavy atom. The maximum Gasteiger partial charge on any atom is 0.268 e. The third-order valence-electron chi connectivity index (χ3n) is 3.88. The van der Waals surface area contributed by atoms with Crippen molar-refractivity contribution in [2.75, 3.05) is 6.54 Å². The van der Waals surface area contributed by atoms with E-state index in [0.717, 1.165) is 54.5 Å². The molecule has 0 bridgehead atoms. The van der Waals surface area contributed by atoms with Gasteiger partial charge < -0.3 is 9.88 Å². The Labute approximate surface area is 131 Å². The molecule has 21 heavy (non-hydrogen) atoms. The lowest BCUT2D eigenvalue weighted by Gasteiger charge is -2.09. The quantitative estimate of drug-likeness (QED) is 0.781. The molecule has 2 aromatic rings. The van der Waals surface area contributed by atoms with Gasteiger partial charge in [-0.25, -0.2) is 0 Å². The van der Waals surface area contributed by atoms with Crippen LogP contribution in [0.2, 0.25) is 5.02 Å². The summed E-state index contributed by atoms with van der Waals surface area (Å²) in [5.41, 5.74) is 2.83. The van der Waals surface area contributed by atoms with Crippen LogP contribution in [-0.4, -0.2) is 17.0 Å². The molecule has 1 heterocycles. The normalized spacial score (nSPS) is 11.0. The standard InChI is InChI=1S/C17H23ClN2O/c1-4-6-7-10-19-17(21)16-12(3)14-11-13(18)8-9-15(14)20(16)5-2/h8-9,11H,4-7,10H2,1-3H3,(H,19,21). The summed E-state index contributed by atoms with van der Waals surface area (Å²) < 4.78 is 2.07. The zero-order valence-corrected chi connectivity index (χ0v) is 13.8. The van der Waals surface area contributed by atoms with Crippen molar-refractivity contribution in [2.45, 2.75) is 46.6 Å². The van der Waals surface area contributed by atoms with Crippen molar-refractivity contribution in [2.24, 2.45) is 0 Å². The Morgan fingerprint density at radius 3 is 2.71 bits per heavy atom. The minimum Gasteiger partial charge on any atom is -0.351 e. The van der Waals surface area contributed by atoms with E-state index in [-0.39, 0.29) is 5.91 Å². The minimum atomic E-state index is 0.0118. The van der Waals surface area contributed by atoms with Gasteiger partial charge in [-0.05, 0) is 44.0 Å². The van der Waals surface area contributed by atoms with Crippen molar-refractivity contribution in [1.82, 2.24) is 9.88 Å². The van der Waals surface area contributed by atoms with E-state index in [1.807, 2.05) is 25.1 Å². The maximum atomic E-state index is 12.5. The number of rotatable bonds is 6. The van der Waals surface area contributed by atoms with Crippen LogP contribution in [0.3, 0.4) is 0 Å². The number of nitrogens with one attached hydrogen (secondary N) is 1. The number of carbonyl (C=O) groups is 1. The lowest BCUT2D eigenvalue weighted by atomic mass is 10.1. The molecule has 0 radical (unpaired) electrons. The number of benzene rings is 1. The van der Waals surface area contributed by atoms with Gasteiger partial charge in [0.15, 0.2) is 0 Å². The van der Waals surface area contributed by atoms with Crippen molar-refractivity contribution < 1.29 is 4.79 Å². The number of aromatic nitrogens is 1. The number of hydrogen-bond donors (Lipinski definition) is 1. The summed E-state index contributed by atoms with van der Waals surface area (Å²) in [6, 6.07) is 5.80. The SMILES string of the molecule is CCCCCNC(=O)c1c(C)c2cc(Cl)ccc2n1CC. The highest BCUT2D eigenvalue weighted by molar-refractivity contribution is 6.31. The van der Waals surface area contributed by atoms with Crippen LogP contribution in [0.4, 0.5) is 0 Å². The first kappa shape index (κ1) is 15.9. The molecule has 1 amide bonds. The monoisotopic (exact) mass is 306 g/mol. The molecular formula is C17H23ClN2O. The molecule has 0 spiro atoms. The second-order valence-electron chi connectivity index (χ2n) is 5.34. The van der Waals surface area contributed by atoms with E-state index in [1.165, 1.54) is 0 Å². The fraction of sp³-hybridized carbons (Fsp3) is 0.471. The first-order valence-electron chi connectivity index (χ1n) is 7.66. The number of hydrogen-bond acceptors (Lipinski definition) is 1. The van der Waals surface area contributed by atoms with Crippen LogP contribution >= 0.6 is 11.6 Å². The molecule has 3 nitrogen and oxygen atoms in total. The van der Waals surface area contributed by atoms with Crippen molar-refractivity contribution in [3.63, 3.8) is 0 Å². The van der Waals surface area contributed by atoms with Crippen LogP contribution < -0.4 is 5.32 Å². The smallest absolute Gasteiger partial charge is 0.268 e. The van der Waals surface area contributed by atoms with Gasteiger partial charge in [0.25, 0.3) is 5.91 Å². The van der Waals surface area contributed by atoms with E-state index in [4.69, 9.17) is 11.6 Å². The van der Waals surface area contributed by atoms with Crippen molar-refractivity contribution in [3.8, 4) is 0 Å². The first-order chi connectivity index (χ1) is 10.1. The lowest BCUT2D eigenvalue weighted by molar-refractivity contribution is 0.0943. The molecule has 1 aromatic heterocycles. The summed E-state index contributed by atoms with van der Waals surface area (Å²) in [5, 5.41) is 4.79. The molecule has 2 rings (SSSR count). The summed E-state index contributed by atoms with van der Waals surface area (Å²) in [6.07, 6.45) is 3.33. The third kappa shape index (κ3) is 3.24. The summed E-state index contributed by atoms with van der Waals surface area (Å²) in [7, 11) is 0. The predicted octanol–water partition coefficient (Wildman–Crippen LogP) is 4.54. The number of aryl methyl sites for hydroxylation is 2. The Hall–Kier alpha value is -1.48. The molecule has 0 aliphatic rings. The Bertz CT molecular complexity index is 646. The van der Waals surface area contributed by atoms with Gasteiger partial charge in [0, 0.05) is 29.0 Å². The average Bonchev–Trinajstić information content (AvgIpc) is 2.75. The fourth-order valence-corrected chi connectivity index (χ4v) is 2.95. The van der Waals surface area contributed by atoms with Crippen LogP contribution in [0.15, 0.2) is 18.2 Å². The molecule has 0 aliphatic carbocycles.